The molecule has 110 valence electrons. The summed E-state index contributed by atoms with van der Waals surface area (Å²) in [4.78, 5) is 2.08. The number of ether oxygens (including phenoxy) is 3. The monoisotopic (exact) mass is 303 g/mol. The summed E-state index contributed by atoms with van der Waals surface area (Å²) in [5, 5.41) is 0. The quantitative estimate of drug-likeness (QED) is 0.863. The Balaban J connectivity index is 2.03. The summed E-state index contributed by atoms with van der Waals surface area (Å²) in [5.74, 6) is 7.94. The average molecular weight is 303 g/mol. The van der Waals surface area contributed by atoms with Crippen molar-refractivity contribution in [2.24, 2.45) is 5.73 Å². The molecule has 0 amide bonds. The lowest BCUT2D eigenvalue weighted by Gasteiger charge is -2.09. The van der Waals surface area contributed by atoms with Gasteiger partial charge in [0.25, 0.3) is 0 Å². The van der Waals surface area contributed by atoms with Gasteiger partial charge in [0.15, 0.2) is 0 Å². The van der Waals surface area contributed by atoms with Crippen LogP contribution in [-0.4, -0.2) is 20.8 Å². The number of hydrogen-bond donors (Lipinski definition) is 1. The summed E-state index contributed by atoms with van der Waals surface area (Å²) in [7, 11) is 3.22. The van der Waals surface area contributed by atoms with Gasteiger partial charge in [-0.15, -0.1) is 11.3 Å². The van der Waals surface area contributed by atoms with E-state index in [9.17, 15) is 0 Å². The molecule has 0 aliphatic heterocycles. The topological polar surface area (TPSA) is 53.7 Å². The minimum atomic E-state index is 0.368. The van der Waals surface area contributed by atoms with Crippen LogP contribution in [0, 0.1) is 11.8 Å². The van der Waals surface area contributed by atoms with Crippen molar-refractivity contribution in [2.75, 3.05) is 20.8 Å². The maximum atomic E-state index is 5.77. The molecule has 1 heterocycles. The molecule has 0 bridgehead atoms. The van der Waals surface area contributed by atoms with Crippen molar-refractivity contribution in [3.05, 3.63) is 40.1 Å². The molecule has 2 rings (SSSR count). The molecule has 5 heteroatoms. The Kier molecular flexibility index (Phi) is 5.50. The Labute approximate surface area is 128 Å². The SMILES string of the molecule is COc1cc(OC)cc(OCc2ccc(C#CCN)s2)c1. The fraction of sp³-hybridized carbons (Fsp3) is 0.250. The van der Waals surface area contributed by atoms with Crippen LogP contribution in [-0.2, 0) is 6.61 Å². The van der Waals surface area contributed by atoms with Crippen LogP contribution < -0.4 is 19.9 Å². The zero-order valence-corrected chi connectivity index (χ0v) is 12.8. The van der Waals surface area contributed by atoms with Crippen LogP contribution in [0.2, 0.25) is 0 Å². The van der Waals surface area contributed by atoms with E-state index >= 15 is 0 Å². The van der Waals surface area contributed by atoms with Crippen molar-refractivity contribution < 1.29 is 14.2 Å². The van der Waals surface area contributed by atoms with Gasteiger partial charge >= 0.3 is 0 Å². The molecule has 0 spiro atoms. The maximum absolute atomic E-state index is 5.77. The second kappa shape index (κ2) is 7.58. The number of thiophene rings is 1. The van der Waals surface area contributed by atoms with Crippen molar-refractivity contribution in [2.45, 2.75) is 6.61 Å². The van der Waals surface area contributed by atoms with Gasteiger partial charge in [-0.1, -0.05) is 11.8 Å². The number of methoxy groups -OCH3 is 2. The lowest BCUT2D eigenvalue weighted by molar-refractivity contribution is 0.303. The molecule has 1 aromatic heterocycles. The highest BCUT2D eigenvalue weighted by Gasteiger charge is 2.04. The van der Waals surface area contributed by atoms with E-state index in [0.29, 0.717) is 30.4 Å². The standard InChI is InChI=1S/C16H17NO3S/c1-18-12-8-13(19-2)10-14(9-12)20-11-16-6-5-15(21-16)4-3-7-17/h5-6,8-10H,7,11,17H2,1-2H3. The fourth-order valence-corrected chi connectivity index (χ4v) is 2.48. The number of nitrogens with two attached hydrogens (primary N) is 1. The molecule has 0 saturated carbocycles. The van der Waals surface area contributed by atoms with Crippen molar-refractivity contribution in [3.63, 3.8) is 0 Å². The van der Waals surface area contributed by atoms with E-state index in [-0.39, 0.29) is 0 Å². The van der Waals surface area contributed by atoms with Gasteiger partial charge in [0.2, 0.25) is 0 Å². The molecule has 0 radical (unpaired) electrons. The van der Waals surface area contributed by atoms with Gasteiger partial charge in [0, 0.05) is 23.1 Å². The third-order valence-electron chi connectivity index (χ3n) is 2.68. The summed E-state index contributed by atoms with van der Waals surface area (Å²) < 4.78 is 16.2. The molecule has 0 aliphatic carbocycles. The van der Waals surface area contributed by atoms with Crippen LogP contribution >= 0.6 is 11.3 Å². The zero-order valence-electron chi connectivity index (χ0n) is 12.0. The van der Waals surface area contributed by atoms with E-state index in [1.54, 1.807) is 31.6 Å². The van der Waals surface area contributed by atoms with E-state index in [1.165, 1.54) is 0 Å². The van der Waals surface area contributed by atoms with Crippen molar-refractivity contribution >= 4 is 11.3 Å². The molecule has 2 N–H and O–H groups in total. The number of hydrogen-bond acceptors (Lipinski definition) is 5. The minimum absolute atomic E-state index is 0.368. The minimum Gasteiger partial charge on any atom is -0.496 e. The molecule has 0 saturated heterocycles. The lowest BCUT2D eigenvalue weighted by atomic mass is 10.3. The first-order valence-corrected chi connectivity index (χ1v) is 7.20. The van der Waals surface area contributed by atoms with Crippen LogP contribution in [0.4, 0.5) is 0 Å². The maximum Gasteiger partial charge on any atom is 0.127 e. The van der Waals surface area contributed by atoms with E-state index in [0.717, 1.165) is 9.75 Å². The molecule has 4 nitrogen and oxygen atoms in total. The molecule has 0 fully saturated rings. The summed E-state index contributed by atoms with van der Waals surface area (Å²) >= 11 is 1.60. The highest BCUT2D eigenvalue weighted by molar-refractivity contribution is 7.12. The van der Waals surface area contributed by atoms with Crippen molar-refractivity contribution in [3.8, 4) is 29.1 Å². The van der Waals surface area contributed by atoms with Crippen LogP contribution in [0.3, 0.4) is 0 Å². The van der Waals surface area contributed by atoms with Gasteiger partial charge in [-0.2, -0.15) is 0 Å². The van der Waals surface area contributed by atoms with Gasteiger partial charge in [0.05, 0.1) is 25.6 Å². The van der Waals surface area contributed by atoms with E-state index < -0.39 is 0 Å². The molecular weight excluding hydrogens is 286 g/mol. The molecule has 21 heavy (non-hydrogen) atoms. The Morgan fingerprint density at radius 2 is 1.71 bits per heavy atom. The largest absolute Gasteiger partial charge is 0.496 e. The Morgan fingerprint density at radius 3 is 2.33 bits per heavy atom. The summed E-state index contributed by atoms with van der Waals surface area (Å²) in [6, 6.07) is 9.43. The first-order chi connectivity index (χ1) is 10.2. The van der Waals surface area contributed by atoms with Crippen molar-refractivity contribution in [1.82, 2.24) is 0 Å². The van der Waals surface area contributed by atoms with Gasteiger partial charge in [-0.25, -0.2) is 0 Å². The van der Waals surface area contributed by atoms with E-state index in [4.69, 9.17) is 19.9 Å². The summed E-state index contributed by atoms with van der Waals surface area (Å²) in [5.41, 5.74) is 5.36. The molecule has 0 atom stereocenters. The molecule has 0 unspecified atom stereocenters. The third kappa shape index (κ3) is 4.42. The summed E-state index contributed by atoms with van der Waals surface area (Å²) in [6.45, 7) is 0.846. The number of rotatable bonds is 5. The van der Waals surface area contributed by atoms with Crippen LogP contribution in [0.1, 0.15) is 9.75 Å². The van der Waals surface area contributed by atoms with Crippen molar-refractivity contribution in [1.29, 1.82) is 0 Å². The lowest BCUT2D eigenvalue weighted by Crippen LogP contribution is -1.95. The van der Waals surface area contributed by atoms with E-state index in [1.807, 2.05) is 24.3 Å². The molecular formula is C16H17NO3S. The Hall–Kier alpha value is -2.16. The normalized spacial score (nSPS) is 9.67. The van der Waals surface area contributed by atoms with E-state index in [2.05, 4.69) is 11.8 Å². The summed E-state index contributed by atoms with van der Waals surface area (Å²) in [6.07, 6.45) is 0. The fourth-order valence-electron chi connectivity index (χ4n) is 1.68. The average Bonchev–Trinajstić information content (AvgIpc) is 2.98. The van der Waals surface area contributed by atoms with Gasteiger partial charge < -0.3 is 19.9 Å². The zero-order chi connectivity index (χ0) is 15.1. The second-order valence-corrected chi connectivity index (χ2v) is 5.28. The van der Waals surface area contributed by atoms with Crippen LogP contribution in [0.25, 0.3) is 0 Å². The Morgan fingerprint density at radius 1 is 1.05 bits per heavy atom. The highest BCUT2D eigenvalue weighted by Crippen LogP contribution is 2.28. The van der Waals surface area contributed by atoms with Crippen LogP contribution in [0.15, 0.2) is 30.3 Å². The third-order valence-corrected chi connectivity index (χ3v) is 3.66. The van der Waals surface area contributed by atoms with Gasteiger partial charge in [-0.3, -0.25) is 0 Å². The molecule has 2 aromatic rings. The smallest absolute Gasteiger partial charge is 0.127 e. The van der Waals surface area contributed by atoms with Gasteiger partial charge in [-0.05, 0) is 12.1 Å². The van der Waals surface area contributed by atoms with Gasteiger partial charge in [0.1, 0.15) is 23.9 Å². The molecule has 1 aromatic carbocycles. The van der Waals surface area contributed by atoms with Crippen LogP contribution in [0.5, 0.6) is 17.2 Å². The second-order valence-electron chi connectivity index (χ2n) is 4.11. The first kappa shape index (κ1) is 15.2. The highest BCUT2D eigenvalue weighted by atomic mass is 32.1. The molecule has 0 aliphatic rings. The predicted octanol–water partition coefficient (Wildman–Crippen LogP) is 2.65. The first-order valence-electron chi connectivity index (χ1n) is 6.38. The number of benzene rings is 1. The predicted molar refractivity (Wildman–Crippen MR) is 84.1 cm³/mol. The Bertz CT molecular complexity index is 633.